The van der Waals surface area contributed by atoms with E-state index in [2.05, 4.69) is 46.9 Å². The second-order valence-electron chi connectivity index (χ2n) is 7.40. The number of hydrogen-bond acceptors (Lipinski definition) is 2. The van der Waals surface area contributed by atoms with Gasteiger partial charge in [0.15, 0.2) is 0 Å². The van der Waals surface area contributed by atoms with Crippen molar-refractivity contribution >= 4 is 8.07 Å². The molecule has 0 radical (unpaired) electrons. The zero-order chi connectivity index (χ0) is 14.6. The number of hydrogen-bond donors (Lipinski definition) is 2. The largest absolute Gasteiger partial charge is 0.392 e. The Morgan fingerprint density at radius 1 is 1.00 bits per heavy atom. The third kappa shape index (κ3) is 3.83. The fourth-order valence-electron chi connectivity index (χ4n) is 4.42. The lowest BCUT2D eigenvalue weighted by Crippen LogP contribution is -2.52. The van der Waals surface area contributed by atoms with Gasteiger partial charge < -0.3 is 10.4 Å². The zero-order valence-electron chi connectivity index (χ0n) is 13.9. The Balaban J connectivity index is 2.81. The summed E-state index contributed by atoms with van der Waals surface area (Å²) in [5.41, 5.74) is 2.22. The summed E-state index contributed by atoms with van der Waals surface area (Å²) >= 11 is 0. The van der Waals surface area contributed by atoms with Crippen molar-refractivity contribution in [3.05, 3.63) is 0 Å². The van der Waals surface area contributed by atoms with Crippen LogP contribution in [-0.2, 0) is 0 Å². The SMILES string of the molecule is CC(C)[Si](C[C@@H](O)[C@@H]1CCCCN1)(C(C)C)C(C)C. The first-order chi connectivity index (χ1) is 8.82. The van der Waals surface area contributed by atoms with E-state index in [0.29, 0.717) is 6.04 Å². The maximum absolute atomic E-state index is 10.7. The maximum Gasteiger partial charge on any atom is 0.0670 e. The van der Waals surface area contributed by atoms with Crippen LogP contribution in [0.3, 0.4) is 0 Å². The van der Waals surface area contributed by atoms with E-state index in [1.165, 1.54) is 12.8 Å². The van der Waals surface area contributed by atoms with Gasteiger partial charge in [-0.05, 0) is 25.4 Å². The second kappa shape index (κ2) is 7.23. The lowest BCUT2D eigenvalue weighted by Gasteiger charge is -2.46. The normalized spacial score (nSPS) is 23.4. The highest BCUT2D eigenvalue weighted by atomic mass is 28.3. The lowest BCUT2D eigenvalue weighted by molar-refractivity contribution is 0.127. The predicted molar refractivity (Wildman–Crippen MR) is 87.5 cm³/mol. The molecule has 0 bridgehead atoms. The van der Waals surface area contributed by atoms with Crippen LogP contribution >= 0.6 is 0 Å². The van der Waals surface area contributed by atoms with E-state index in [0.717, 1.165) is 35.6 Å². The summed E-state index contributed by atoms with van der Waals surface area (Å²) in [7, 11) is -1.46. The molecule has 0 aliphatic carbocycles. The Morgan fingerprint density at radius 2 is 1.53 bits per heavy atom. The molecule has 2 N–H and O–H groups in total. The van der Waals surface area contributed by atoms with Gasteiger partial charge in [-0.2, -0.15) is 0 Å². The molecule has 1 heterocycles. The first-order valence-electron chi connectivity index (χ1n) is 8.23. The number of nitrogens with one attached hydrogen (secondary N) is 1. The topological polar surface area (TPSA) is 32.3 Å². The number of aliphatic hydroxyl groups excluding tert-OH is 1. The first-order valence-corrected chi connectivity index (χ1v) is 10.7. The number of piperidine rings is 1. The van der Waals surface area contributed by atoms with Crippen molar-refractivity contribution in [2.24, 2.45) is 0 Å². The third-order valence-electron chi connectivity index (χ3n) is 5.60. The Bertz CT molecular complexity index is 238. The van der Waals surface area contributed by atoms with Crippen LogP contribution in [0.15, 0.2) is 0 Å². The summed E-state index contributed by atoms with van der Waals surface area (Å²) in [6.45, 7) is 15.4. The van der Waals surface area contributed by atoms with Crippen molar-refractivity contribution in [1.82, 2.24) is 5.32 Å². The number of aliphatic hydroxyl groups is 1. The van der Waals surface area contributed by atoms with Crippen molar-refractivity contribution in [2.75, 3.05) is 6.54 Å². The average molecular weight is 286 g/mol. The molecule has 19 heavy (non-hydrogen) atoms. The average Bonchev–Trinajstić information content (AvgIpc) is 2.35. The highest BCUT2D eigenvalue weighted by Crippen LogP contribution is 2.45. The van der Waals surface area contributed by atoms with E-state index in [4.69, 9.17) is 0 Å². The smallest absolute Gasteiger partial charge is 0.0670 e. The molecule has 114 valence electrons. The Kier molecular flexibility index (Phi) is 6.54. The van der Waals surface area contributed by atoms with Gasteiger partial charge >= 0.3 is 0 Å². The zero-order valence-corrected chi connectivity index (χ0v) is 14.9. The Labute approximate surface area is 121 Å². The molecule has 0 aromatic heterocycles. The molecular formula is C16H35NOSi. The minimum atomic E-state index is -1.46. The van der Waals surface area contributed by atoms with Crippen molar-refractivity contribution in [2.45, 2.75) is 95.6 Å². The summed E-state index contributed by atoms with van der Waals surface area (Å²) in [4.78, 5) is 0. The fraction of sp³-hybridized carbons (Fsp3) is 1.00. The van der Waals surface area contributed by atoms with E-state index >= 15 is 0 Å². The van der Waals surface area contributed by atoms with Gasteiger partial charge in [-0.3, -0.25) is 0 Å². The molecule has 2 nitrogen and oxygen atoms in total. The number of rotatable bonds is 6. The third-order valence-corrected chi connectivity index (χ3v) is 13.2. The molecule has 1 aliphatic heterocycles. The molecule has 0 unspecified atom stereocenters. The summed E-state index contributed by atoms with van der Waals surface area (Å²) in [5.74, 6) is 0. The molecule has 0 saturated carbocycles. The minimum absolute atomic E-state index is 0.140. The maximum atomic E-state index is 10.7. The summed E-state index contributed by atoms with van der Waals surface area (Å²) < 4.78 is 0. The lowest BCUT2D eigenvalue weighted by atomic mass is 10.0. The molecule has 0 aromatic rings. The van der Waals surface area contributed by atoms with Crippen LogP contribution in [0.2, 0.25) is 22.7 Å². The van der Waals surface area contributed by atoms with Crippen molar-refractivity contribution in [3.8, 4) is 0 Å². The van der Waals surface area contributed by atoms with Crippen LogP contribution in [0.4, 0.5) is 0 Å². The molecule has 2 atom stereocenters. The predicted octanol–water partition coefficient (Wildman–Crippen LogP) is 4.17. The quantitative estimate of drug-likeness (QED) is 0.718. The summed E-state index contributed by atoms with van der Waals surface area (Å²) in [6.07, 6.45) is 3.55. The highest BCUT2D eigenvalue weighted by molar-refractivity contribution is 6.83. The van der Waals surface area contributed by atoms with Gasteiger partial charge in [0.25, 0.3) is 0 Å². The van der Waals surface area contributed by atoms with Crippen LogP contribution in [0.25, 0.3) is 0 Å². The summed E-state index contributed by atoms with van der Waals surface area (Å²) in [5, 5.41) is 14.3. The van der Waals surface area contributed by atoms with Crippen molar-refractivity contribution in [1.29, 1.82) is 0 Å². The first kappa shape index (κ1) is 17.2. The van der Waals surface area contributed by atoms with Gasteiger partial charge in [0.2, 0.25) is 0 Å². The molecule has 0 aromatic carbocycles. The second-order valence-corrected chi connectivity index (χ2v) is 13.5. The van der Waals surface area contributed by atoms with E-state index in [1.807, 2.05) is 0 Å². The molecule has 0 amide bonds. The molecule has 1 rings (SSSR count). The molecule has 1 saturated heterocycles. The monoisotopic (exact) mass is 285 g/mol. The van der Waals surface area contributed by atoms with Gasteiger partial charge in [-0.25, -0.2) is 0 Å². The van der Waals surface area contributed by atoms with E-state index in [-0.39, 0.29) is 6.10 Å². The molecule has 1 fully saturated rings. The van der Waals surface area contributed by atoms with Gasteiger partial charge in [0.05, 0.1) is 14.2 Å². The van der Waals surface area contributed by atoms with Gasteiger partial charge in [0, 0.05) is 6.04 Å². The Hall–Kier alpha value is 0.137. The highest BCUT2D eigenvalue weighted by Gasteiger charge is 2.44. The fourth-order valence-corrected chi connectivity index (χ4v) is 10.8. The molecule has 1 aliphatic rings. The van der Waals surface area contributed by atoms with Crippen LogP contribution in [0.5, 0.6) is 0 Å². The van der Waals surface area contributed by atoms with Crippen molar-refractivity contribution in [3.63, 3.8) is 0 Å². The molecule has 3 heteroatoms. The van der Waals surface area contributed by atoms with Crippen molar-refractivity contribution < 1.29 is 5.11 Å². The van der Waals surface area contributed by atoms with Gasteiger partial charge in [0.1, 0.15) is 0 Å². The minimum Gasteiger partial charge on any atom is -0.392 e. The Morgan fingerprint density at radius 3 is 1.89 bits per heavy atom. The standard InChI is InChI=1S/C16H35NOSi/c1-12(2)19(13(3)4,14(5)6)11-16(18)15-9-7-8-10-17-15/h12-18H,7-11H2,1-6H3/t15-,16+/m0/s1. The van der Waals surface area contributed by atoms with Gasteiger partial charge in [-0.1, -0.05) is 64.6 Å². The molecule has 0 spiro atoms. The summed E-state index contributed by atoms with van der Waals surface area (Å²) in [6, 6.07) is 1.41. The van der Waals surface area contributed by atoms with E-state index < -0.39 is 8.07 Å². The van der Waals surface area contributed by atoms with Crippen LogP contribution in [-0.4, -0.2) is 31.9 Å². The van der Waals surface area contributed by atoms with Crippen LogP contribution < -0.4 is 5.32 Å². The van der Waals surface area contributed by atoms with E-state index in [9.17, 15) is 5.11 Å². The van der Waals surface area contributed by atoms with Crippen LogP contribution in [0.1, 0.15) is 60.8 Å². The van der Waals surface area contributed by atoms with E-state index in [1.54, 1.807) is 0 Å². The molecular weight excluding hydrogens is 250 g/mol. The van der Waals surface area contributed by atoms with Crippen LogP contribution in [0, 0.1) is 0 Å². The van der Waals surface area contributed by atoms with Gasteiger partial charge in [-0.15, -0.1) is 0 Å².